The zero-order chi connectivity index (χ0) is 9.26. The van der Waals surface area contributed by atoms with Crippen LogP contribution in [0.4, 0.5) is 16.3 Å². The third-order valence-electron chi connectivity index (χ3n) is 1.51. The maximum absolute atomic E-state index is 10.5. The van der Waals surface area contributed by atoms with E-state index in [1.54, 1.807) is 12.3 Å². The zero-order valence-corrected chi connectivity index (χ0v) is 6.51. The van der Waals surface area contributed by atoms with E-state index in [1.807, 2.05) is 0 Å². The number of carboxylic acid groups (broad SMARTS) is 1. The smallest absolute Gasteiger partial charge is 0.432 e. The minimum atomic E-state index is -1.13. The van der Waals surface area contributed by atoms with E-state index in [1.165, 1.54) is 12.4 Å². The van der Waals surface area contributed by atoms with Crippen LogP contribution in [0.15, 0.2) is 23.5 Å². The van der Waals surface area contributed by atoms with Gasteiger partial charge in [-0.15, -0.1) is 5.10 Å². The van der Waals surface area contributed by atoms with Crippen LogP contribution in [0.5, 0.6) is 0 Å². The molecule has 6 nitrogen and oxygen atoms in total. The van der Waals surface area contributed by atoms with Gasteiger partial charge in [0.25, 0.3) is 0 Å². The Labute approximate surface area is 73.2 Å². The van der Waals surface area contributed by atoms with Gasteiger partial charge in [-0.2, -0.15) is 4.68 Å². The maximum atomic E-state index is 10.5. The Kier molecular flexibility index (Phi) is 1.59. The van der Waals surface area contributed by atoms with Crippen LogP contribution in [-0.2, 0) is 0 Å². The van der Waals surface area contributed by atoms with Gasteiger partial charge in [0.15, 0.2) is 5.82 Å². The van der Waals surface area contributed by atoms with Crippen molar-refractivity contribution < 1.29 is 9.90 Å². The summed E-state index contributed by atoms with van der Waals surface area (Å²) < 4.78 is 0.814. The van der Waals surface area contributed by atoms with Gasteiger partial charge >= 0.3 is 6.09 Å². The Morgan fingerprint density at radius 3 is 3.23 bits per heavy atom. The van der Waals surface area contributed by atoms with Crippen molar-refractivity contribution in [1.82, 2.24) is 9.78 Å². The van der Waals surface area contributed by atoms with Crippen molar-refractivity contribution in [3.8, 4) is 0 Å². The molecule has 13 heavy (non-hydrogen) atoms. The molecule has 6 heteroatoms. The lowest BCUT2D eigenvalue weighted by Gasteiger charge is -1.91. The van der Waals surface area contributed by atoms with Crippen molar-refractivity contribution in [2.45, 2.75) is 0 Å². The molecule has 0 fully saturated rings. The van der Waals surface area contributed by atoms with Crippen molar-refractivity contribution in [2.24, 2.45) is 4.99 Å². The lowest BCUT2D eigenvalue weighted by molar-refractivity contribution is 0.192. The monoisotopic (exact) mass is 178 g/mol. The fourth-order valence-electron chi connectivity index (χ4n) is 0.955. The number of anilines is 1. The number of hydrogen-bond acceptors (Lipinski definition) is 4. The molecule has 1 aromatic heterocycles. The Bertz CT molecular complexity index is 405. The first kappa shape index (κ1) is 7.53. The normalized spacial score (nSPS) is 13.2. The molecule has 2 N–H and O–H groups in total. The summed E-state index contributed by atoms with van der Waals surface area (Å²) in [6.07, 6.45) is 5.13. The summed E-state index contributed by atoms with van der Waals surface area (Å²) in [7, 11) is 0. The Hall–Kier alpha value is -2.11. The zero-order valence-electron chi connectivity index (χ0n) is 6.51. The SMILES string of the molecule is O=C(O)n1cc2c(n1)N=CC=CN2. The van der Waals surface area contributed by atoms with E-state index >= 15 is 0 Å². The highest BCUT2D eigenvalue weighted by Gasteiger charge is 2.10. The molecule has 0 saturated carbocycles. The summed E-state index contributed by atoms with van der Waals surface area (Å²) in [6, 6.07) is 0. The third-order valence-corrected chi connectivity index (χ3v) is 1.51. The summed E-state index contributed by atoms with van der Waals surface area (Å²) in [5.41, 5.74) is 0.576. The van der Waals surface area contributed by atoms with Gasteiger partial charge in [0.2, 0.25) is 0 Å². The Balaban J connectivity index is 2.46. The van der Waals surface area contributed by atoms with Gasteiger partial charge < -0.3 is 10.4 Å². The average molecular weight is 178 g/mol. The van der Waals surface area contributed by atoms with Crippen LogP contribution in [0, 0.1) is 0 Å². The maximum Gasteiger partial charge on any atom is 0.432 e. The van der Waals surface area contributed by atoms with Crippen molar-refractivity contribution in [1.29, 1.82) is 0 Å². The summed E-state index contributed by atoms with van der Waals surface area (Å²) in [6.45, 7) is 0. The molecular formula is C7H6N4O2. The number of fused-ring (bicyclic) bond motifs is 1. The molecule has 2 rings (SSSR count). The van der Waals surface area contributed by atoms with Crippen LogP contribution in [-0.4, -0.2) is 27.2 Å². The fourth-order valence-corrected chi connectivity index (χ4v) is 0.955. The molecule has 0 amide bonds. The number of rotatable bonds is 0. The van der Waals surface area contributed by atoms with Crippen molar-refractivity contribution in [2.75, 3.05) is 5.32 Å². The van der Waals surface area contributed by atoms with E-state index < -0.39 is 6.09 Å². The molecular weight excluding hydrogens is 172 g/mol. The van der Waals surface area contributed by atoms with Crippen molar-refractivity contribution in [3.05, 3.63) is 18.5 Å². The highest BCUT2D eigenvalue weighted by molar-refractivity contribution is 5.81. The number of aliphatic imine (C=N–C) groups is 1. The van der Waals surface area contributed by atoms with Crippen LogP contribution in [0.1, 0.15) is 0 Å². The first-order valence-electron chi connectivity index (χ1n) is 3.56. The predicted molar refractivity (Wildman–Crippen MR) is 46.6 cm³/mol. The fraction of sp³-hybridized carbons (Fsp3) is 0. The minimum absolute atomic E-state index is 0.368. The largest absolute Gasteiger partial charge is 0.463 e. The van der Waals surface area contributed by atoms with E-state index in [0.717, 1.165) is 4.68 Å². The molecule has 1 aliphatic rings. The molecule has 0 saturated heterocycles. The molecule has 0 unspecified atom stereocenters. The van der Waals surface area contributed by atoms with Crippen molar-refractivity contribution in [3.63, 3.8) is 0 Å². The van der Waals surface area contributed by atoms with Crippen LogP contribution in [0.2, 0.25) is 0 Å². The van der Waals surface area contributed by atoms with E-state index in [-0.39, 0.29) is 0 Å². The Morgan fingerprint density at radius 2 is 2.46 bits per heavy atom. The molecule has 0 aliphatic carbocycles. The van der Waals surface area contributed by atoms with Gasteiger partial charge in [0.1, 0.15) is 5.69 Å². The van der Waals surface area contributed by atoms with Gasteiger partial charge in [-0.25, -0.2) is 9.79 Å². The molecule has 0 atom stereocenters. The van der Waals surface area contributed by atoms with Crippen LogP contribution >= 0.6 is 0 Å². The quantitative estimate of drug-likeness (QED) is 0.622. The standard InChI is InChI=1S/C7H6N4O2/c12-7(13)11-4-5-6(10-11)9-3-1-2-8-5/h1-4,8H,(H,12,13). The van der Waals surface area contributed by atoms with E-state index in [4.69, 9.17) is 5.11 Å². The summed E-state index contributed by atoms with van der Waals surface area (Å²) in [5.74, 6) is 0.368. The molecule has 0 spiro atoms. The predicted octanol–water partition coefficient (Wildman–Crippen LogP) is 1.05. The number of carbonyl (C=O) groups is 1. The van der Waals surface area contributed by atoms with Gasteiger partial charge in [-0.1, -0.05) is 0 Å². The average Bonchev–Trinajstić information content (AvgIpc) is 2.38. The van der Waals surface area contributed by atoms with Gasteiger partial charge in [0, 0.05) is 12.4 Å². The molecule has 66 valence electrons. The molecule has 2 heterocycles. The first-order chi connectivity index (χ1) is 6.27. The lowest BCUT2D eigenvalue weighted by Crippen LogP contribution is -2.07. The number of nitrogens with zero attached hydrogens (tertiary/aromatic N) is 3. The highest BCUT2D eigenvalue weighted by Crippen LogP contribution is 2.23. The van der Waals surface area contributed by atoms with Gasteiger partial charge in [-0.3, -0.25) is 0 Å². The van der Waals surface area contributed by atoms with Crippen LogP contribution in [0.25, 0.3) is 0 Å². The highest BCUT2D eigenvalue weighted by atomic mass is 16.4. The van der Waals surface area contributed by atoms with Gasteiger partial charge in [-0.05, 0) is 6.08 Å². The number of aromatic nitrogens is 2. The van der Waals surface area contributed by atoms with Crippen LogP contribution in [0.3, 0.4) is 0 Å². The topological polar surface area (TPSA) is 79.5 Å². The van der Waals surface area contributed by atoms with Gasteiger partial charge in [0.05, 0.1) is 6.20 Å². The summed E-state index contributed by atoms with van der Waals surface area (Å²) >= 11 is 0. The minimum Gasteiger partial charge on any atom is -0.463 e. The van der Waals surface area contributed by atoms with E-state index in [0.29, 0.717) is 11.5 Å². The summed E-state index contributed by atoms with van der Waals surface area (Å²) in [5, 5.41) is 15.2. The van der Waals surface area contributed by atoms with Crippen molar-refractivity contribution >= 4 is 23.8 Å². The van der Waals surface area contributed by atoms with Crippen LogP contribution < -0.4 is 5.32 Å². The first-order valence-corrected chi connectivity index (χ1v) is 3.56. The Morgan fingerprint density at radius 1 is 1.62 bits per heavy atom. The summed E-state index contributed by atoms with van der Waals surface area (Å²) in [4.78, 5) is 14.4. The molecule has 1 aromatic rings. The second-order valence-corrected chi connectivity index (χ2v) is 2.38. The molecule has 0 aromatic carbocycles. The van der Waals surface area contributed by atoms with E-state index in [9.17, 15) is 4.79 Å². The van der Waals surface area contributed by atoms with E-state index in [2.05, 4.69) is 15.4 Å². The third kappa shape index (κ3) is 1.28. The second kappa shape index (κ2) is 2.74. The molecule has 0 bridgehead atoms. The second-order valence-electron chi connectivity index (χ2n) is 2.38. The molecule has 0 radical (unpaired) electrons. The molecule has 1 aliphatic heterocycles. The lowest BCUT2D eigenvalue weighted by atomic mass is 10.5. The number of nitrogens with one attached hydrogen (secondary N) is 1. The number of allylic oxidation sites excluding steroid dienone is 1. The number of hydrogen-bond donors (Lipinski definition) is 2.